The Morgan fingerprint density at radius 2 is 2.00 bits per heavy atom. The smallest absolute Gasteiger partial charge is 0.235 e. The number of hydrogen-bond donors (Lipinski definition) is 1. The number of aryl methyl sites for hydroxylation is 1. The number of thioether (sulfide) groups is 1. The Bertz CT molecular complexity index is 1420. The quantitative estimate of drug-likeness (QED) is 0.279. The molecule has 0 aromatic carbocycles. The highest BCUT2D eigenvalue weighted by Crippen LogP contribution is 2.39. The van der Waals surface area contributed by atoms with Gasteiger partial charge in [0.05, 0.1) is 27.5 Å². The number of carbonyl (C=O) groups is 1. The van der Waals surface area contributed by atoms with Gasteiger partial charge in [-0.25, -0.2) is 4.98 Å². The van der Waals surface area contributed by atoms with Crippen LogP contribution in [-0.4, -0.2) is 16.6 Å². The summed E-state index contributed by atoms with van der Waals surface area (Å²) in [6.07, 6.45) is 4.07. The molecule has 5 nitrogen and oxygen atoms in total. The van der Waals surface area contributed by atoms with E-state index in [1.807, 2.05) is 40.4 Å². The third-order valence-electron chi connectivity index (χ3n) is 5.58. The molecule has 1 N–H and O–H groups in total. The summed E-state index contributed by atoms with van der Waals surface area (Å²) < 4.78 is 0. The molecule has 1 amide bonds. The number of hydrogen-bond acceptors (Lipinski definition) is 8. The molecule has 0 bridgehead atoms. The Labute approximate surface area is 213 Å². The third kappa shape index (κ3) is 4.53. The molecule has 0 spiro atoms. The number of nitrogens with one attached hydrogen (secondary N) is 1. The second-order valence-corrected chi connectivity index (χ2v) is 11.5. The summed E-state index contributed by atoms with van der Waals surface area (Å²) in [6, 6.07) is 12.5. The zero-order valence-electron chi connectivity index (χ0n) is 18.0. The molecule has 4 aromatic heterocycles. The number of anilines is 1. The average molecular weight is 519 g/mol. The van der Waals surface area contributed by atoms with Gasteiger partial charge in [-0.1, -0.05) is 17.8 Å². The minimum Gasteiger partial charge on any atom is -0.316 e. The van der Waals surface area contributed by atoms with Crippen molar-refractivity contribution in [1.82, 2.24) is 4.98 Å². The summed E-state index contributed by atoms with van der Waals surface area (Å²) in [5.41, 5.74) is 4.75. The zero-order chi connectivity index (χ0) is 23.5. The number of thiophene rings is 3. The number of fused-ring (bicyclic) bond motifs is 1. The molecule has 1 aliphatic rings. The monoisotopic (exact) mass is 518 g/mol. The largest absolute Gasteiger partial charge is 0.316 e. The fraction of sp³-hybridized carbons (Fsp3) is 0.200. The first-order valence-electron chi connectivity index (χ1n) is 10.7. The third-order valence-corrected chi connectivity index (χ3v) is 9.34. The van der Waals surface area contributed by atoms with Crippen molar-refractivity contribution in [2.75, 3.05) is 11.1 Å². The fourth-order valence-electron chi connectivity index (χ4n) is 4.00. The molecular formula is C25H18N4OS4. The number of aromatic nitrogens is 1. The van der Waals surface area contributed by atoms with Gasteiger partial charge in [0, 0.05) is 10.4 Å². The molecule has 4 aromatic rings. The minimum atomic E-state index is -0.204. The van der Waals surface area contributed by atoms with Crippen LogP contribution in [0.5, 0.6) is 0 Å². The van der Waals surface area contributed by atoms with Crippen LogP contribution >= 0.6 is 45.8 Å². The van der Waals surface area contributed by atoms with Gasteiger partial charge in [-0.2, -0.15) is 21.9 Å². The van der Waals surface area contributed by atoms with Crippen LogP contribution in [0.15, 0.2) is 45.4 Å². The van der Waals surface area contributed by atoms with Gasteiger partial charge in [0.25, 0.3) is 0 Å². The van der Waals surface area contributed by atoms with Crippen molar-refractivity contribution in [3.63, 3.8) is 0 Å². The summed E-state index contributed by atoms with van der Waals surface area (Å²) in [5.74, 6) is -0.101. The lowest BCUT2D eigenvalue weighted by molar-refractivity contribution is -0.113. The standard InChI is InChI=1S/C25H18N4OS4/c26-11-18-16-4-1-2-5-21(16)34-25(18)29-23(30)14-33-24-19(12-27)17(15-7-9-31-13-15)10-20(28-24)22-6-3-8-32-22/h3,6-10,13H,1-2,4-5,14H2,(H,29,30). The molecule has 9 heteroatoms. The number of nitrogens with zero attached hydrogens (tertiary/aromatic N) is 3. The van der Waals surface area contributed by atoms with Gasteiger partial charge in [0.2, 0.25) is 5.91 Å². The van der Waals surface area contributed by atoms with Gasteiger partial charge in [-0.3, -0.25) is 4.79 Å². The predicted octanol–water partition coefficient (Wildman–Crippen LogP) is 6.95. The molecule has 4 heterocycles. The van der Waals surface area contributed by atoms with Crippen LogP contribution in [0, 0.1) is 22.7 Å². The van der Waals surface area contributed by atoms with Crippen molar-refractivity contribution in [1.29, 1.82) is 10.5 Å². The van der Waals surface area contributed by atoms with E-state index in [0.717, 1.165) is 52.9 Å². The second-order valence-electron chi connectivity index (χ2n) is 7.70. The van der Waals surface area contributed by atoms with E-state index in [-0.39, 0.29) is 11.7 Å². The minimum absolute atomic E-state index is 0.103. The van der Waals surface area contributed by atoms with E-state index >= 15 is 0 Å². The SMILES string of the molecule is N#Cc1c(-c2ccsc2)cc(-c2cccs2)nc1SCC(=O)Nc1sc2c(c1C#N)CCCC2. The van der Waals surface area contributed by atoms with Crippen LogP contribution < -0.4 is 5.32 Å². The number of nitriles is 2. The van der Waals surface area contributed by atoms with Gasteiger partial charge in [-0.15, -0.1) is 22.7 Å². The molecule has 0 aliphatic heterocycles. The Hall–Kier alpha value is -2.95. The van der Waals surface area contributed by atoms with Crippen LogP contribution in [0.2, 0.25) is 0 Å². The molecule has 1 aliphatic carbocycles. The second kappa shape index (κ2) is 10.1. The summed E-state index contributed by atoms with van der Waals surface area (Å²) in [6.45, 7) is 0. The molecule has 0 fully saturated rings. The Kier molecular flexibility index (Phi) is 6.80. The highest BCUT2D eigenvalue weighted by atomic mass is 32.2. The van der Waals surface area contributed by atoms with Crippen LogP contribution in [0.3, 0.4) is 0 Å². The summed E-state index contributed by atoms with van der Waals surface area (Å²) in [4.78, 5) is 19.8. The van der Waals surface area contributed by atoms with Crippen molar-refractivity contribution in [2.45, 2.75) is 30.7 Å². The zero-order valence-corrected chi connectivity index (χ0v) is 21.2. The first-order chi connectivity index (χ1) is 16.7. The van der Waals surface area contributed by atoms with E-state index < -0.39 is 0 Å². The maximum absolute atomic E-state index is 12.9. The van der Waals surface area contributed by atoms with E-state index in [0.29, 0.717) is 21.2 Å². The molecule has 0 saturated heterocycles. The van der Waals surface area contributed by atoms with E-state index in [4.69, 9.17) is 4.98 Å². The van der Waals surface area contributed by atoms with E-state index in [1.165, 1.54) is 28.0 Å². The predicted molar refractivity (Wildman–Crippen MR) is 141 cm³/mol. The van der Waals surface area contributed by atoms with Gasteiger partial charge in [-0.05, 0) is 71.1 Å². The Morgan fingerprint density at radius 1 is 1.15 bits per heavy atom. The number of carbonyl (C=O) groups excluding carboxylic acids is 1. The van der Waals surface area contributed by atoms with Crippen molar-refractivity contribution in [3.8, 4) is 33.8 Å². The molecule has 0 radical (unpaired) electrons. The van der Waals surface area contributed by atoms with Crippen LogP contribution in [0.4, 0.5) is 5.00 Å². The van der Waals surface area contributed by atoms with Gasteiger partial charge >= 0.3 is 0 Å². The van der Waals surface area contributed by atoms with Crippen LogP contribution in [0.25, 0.3) is 21.7 Å². The Balaban J connectivity index is 1.41. The maximum Gasteiger partial charge on any atom is 0.235 e. The molecule has 5 rings (SSSR count). The first kappa shape index (κ1) is 22.8. The summed E-state index contributed by atoms with van der Waals surface area (Å²) in [7, 11) is 0. The van der Waals surface area contributed by atoms with E-state index in [2.05, 4.69) is 17.5 Å². The number of amides is 1. The highest BCUT2D eigenvalue weighted by molar-refractivity contribution is 8.00. The van der Waals surface area contributed by atoms with Gasteiger partial charge < -0.3 is 5.32 Å². The lowest BCUT2D eigenvalue weighted by atomic mass is 9.96. The van der Waals surface area contributed by atoms with E-state index in [9.17, 15) is 15.3 Å². The average Bonchev–Trinajstić information content (AvgIpc) is 3.63. The lowest BCUT2D eigenvalue weighted by Crippen LogP contribution is -2.14. The van der Waals surface area contributed by atoms with Crippen molar-refractivity contribution >= 4 is 56.7 Å². The molecule has 0 atom stereocenters. The Morgan fingerprint density at radius 3 is 2.74 bits per heavy atom. The number of rotatable bonds is 6. The van der Waals surface area contributed by atoms with Crippen LogP contribution in [0.1, 0.15) is 34.4 Å². The van der Waals surface area contributed by atoms with Crippen LogP contribution in [-0.2, 0) is 17.6 Å². The normalized spacial score (nSPS) is 12.5. The molecule has 34 heavy (non-hydrogen) atoms. The molecular weight excluding hydrogens is 501 g/mol. The van der Waals surface area contributed by atoms with Gasteiger partial charge in [0.15, 0.2) is 0 Å². The molecule has 0 unspecified atom stereocenters. The summed E-state index contributed by atoms with van der Waals surface area (Å²) in [5, 5.41) is 29.7. The highest BCUT2D eigenvalue weighted by Gasteiger charge is 2.22. The number of pyridine rings is 1. The molecule has 168 valence electrons. The topological polar surface area (TPSA) is 89.6 Å². The summed E-state index contributed by atoms with van der Waals surface area (Å²) >= 11 is 5.93. The van der Waals surface area contributed by atoms with Crippen molar-refractivity contribution < 1.29 is 4.79 Å². The van der Waals surface area contributed by atoms with Gasteiger partial charge in [0.1, 0.15) is 22.2 Å². The first-order valence-corrected chi connectivity index (χ1v) is 14.3. The van der Waals surface area contributed by atoms with Crippen molar-refractivity contribution in [3.05, 3.63) is 62.0 Å². The maximum atomic E-state index is 12.9. The molecule has 0 saturated carbocycles. The lowest BCUT2D eigenvalue weighted by Gasteiger charge is -2.11. The van der Waals surface area contributed by atoms with E-state index in [1.54, 1.807) is 22.7 Å². The fourth-order valence-corrected chi connectivity index (χ4v) is 7.40. The van der Waals surface area contributed by atoms with Crippen molar-refractivity contribution in [2.24, 2.45) is 0 Å².